The van der Waals surface area contributed by atoms with Gasteiger partial charge in [-0.1, -0.05) is 54.8 Å². The highest BCUT2D eigenvalue weighted by Gasteiger charge is 2.31. The molecule has 2 aromatic rings. The van der Waals surface area contributed by atoms with Crippen molar-refractivity contribution >= 4 is 11.5 Å². The fraction of sp³-hybridized carbons (Fsp3) is 0.269. The first kappa shape index (κ1) is 19.7. The van der Waals surface area contributed by atoms with Crippen molar-refractivity contribution < 1.29 is 4.79 Å². The van der Waals surface area contributed by atoms with Gasteiger partial charge in [0.25, 0.3) is 5.91 Å². The zero-order valence-electron chi connectivity index (χ0n) is 17.4. The van der Waals surface area contributed by atoms with Crippen molar-refractivity contribution in [2.75, 3.05) is 0 Å². The van der Waals surface area contributed by atoms with E-state index in [0.717, 1.165) is 56.5 Å². The van der Waals surface area contributed by atoms with Gasteiger partial charge in [-0.05, 0) is 67.5 Å². The van der Waals surface area contributed by atoms with Gasteiger partial charge in [-0.15, -0.1) is 6.42 Å². The second-order valence-electron chi connectivity index (χ2n) is 7.29. The normalized spacial score (nSPS) is 13.9. The van der Waals surface area contributed by atoms with E-state index in [4.69, 9.17) is 6.42 Å². The van der Waals surface area contributed by atoms with Crippen molar-refractivity contribution in [2.45, 2.75) is 47.6 Å². The van der Waals surface area contributed by atoms with Gasteiger partial charge in [0.1, 0.15) is 0 Å². The maximum Gasteiger partial charge on any atom is 0.252 e. The average Bonchev–Trinajstić information content (AvgIpc) is 3.07. The summed E-state index contributed by atoms with van der Waals surface area (Å²) in [5.41, 5.74) is 10.3. The van der Waals surface area contributed by atoms with E-state index in [1.807, 2.05) is 32.1 Å². The lowest BCUT2D eigenvalue weighted by atomic mass is 9.80. The molecule has 0 aromatic heterocycles. The average molecular weight is 370 g/mol. The largest absolute Gasteiger partial charge is 0.348 e. The summed E-state index contributed by atoms with van der Waals surface area (Å²) in [5.74, 6) is 2.93. The van der Waals surface area contributed by atoms with Crippen LogP contribution in [-0.4, -0.2) is 5.91 Å². The number of aryl methyl sites for hydroxylation is 1. The van der Waals surface area contributed by atoms with Crippen LogP contribution in [0.3, 0.4) is 0 Å². The molecule has 2 aromatic carbocycles. The van der Waals surface area contributed by atoms with E-state index in [2.05, 4.69) is 50.2 Å². The molecule has 2 nitrogen and oxygen atoms in total. The fourth-order valence-corrected chi connectivity index (χ4v) is 4.08. The summed E-state index contributed by atoms with van der Waals surface area (Å²) in [4.78, 5) is 12.9. The molecule has 0 saturated heterocycles. The third kappa shape index (κ3) is 3.08. The number of carbonyl (C=O) groups is 1. The predicted molar refractivity (Wildman–Crippen MR) is 118 cm³/mol. The van der Waals surface area contributed by atoms with E-state index in [1.165, 1.54) is 5.57 Å². The van der Waals surface area contributed by atoms with E-state index in [0.29, 0.717) is 6.54 Å². The van der Waals surface area contributed by atoms with Crippen molar-refractivity contribution in [1.82, 2.24) is 5.32 Å². The zero-order valence-corrected chi connectivity index (χ0v) is 17.4. The molecule has 3 rings (SSSR count). The molecule has 0 atom stereocenters. The van der Waals surface area contributed by atoms with Gasteiger partial charge in [0.05, 0.1) is 5.56 Å². The van der Waals surface area contributed by atoms with Crippen LogP contribution in [0.4, 0.5) is 0 Å². The molecule has 1 amide bonds. The Hall–Kier alpha value is -3.05. The molecule has 0 spiro atoms. The Morgan fingerprint density at radius 2 is 1.96 bits per heavy atom. The van der Waals surface area contributed by atoms with E-state index in [-0.39, 0.29) is 5.91 Å². The van der Waals surface area contributed by atoms with Crippen LogP contribution in [0.25, 0.3) is 16.7 Å². The first-order valence-electron chi connectivity index (χ1n) is 9.79. The Balaban J connectivity index is 2.51. The Morgan fingerprint density at radius 3 is 2.57 bits per heavy atom. The number of benzene rings is 2. The van der Waals surface area contributed by atoms with Crippen molar-refractivity contribution in [3.63, 3.8) is 0 Å². The molecule has 1 heterocycles. The molecule has 0 unspecified atom stereocenters. The maximum atomic E-state index is 12.9. The second-order valence-corrected chi connectivity index (χ2v) is 7.29. The SMILES string of the molecule is C#Cc1c(C)c(C(/C=C\C)=C(\C)CC)c2c(c1-c1ccccc1C)CNC2=O. The Kier molecular flexibility index (Phi) is 5.56. The molecule has 0 fully saturated rings. The first-order chi connectivity index (χ1) is 13.5. The van der Waals surface area contributed by atoms with E-state index in [1.54, 1.807) is 0 Å². The van der Waals surface area contributed by atoms with Crippen LogP contribution in [-0.2, 0) is 6.54 Å². The summed E-state index contributed by atoms with van der Waals surface area (Å²) in [5, 5.41) is 3.03. The highest BCUT2D eigenvalue weighted by atomic mass is 16.1. The van der Waals surface area contributed by atoms with Crippen LogP contribution >= 0.6 is 0 Å². The second kappa shape index (κ2) is 7.90. The van der Waals surface area contributed by atoms with Gasteiger partial charge in [0.15, 0.2) is 0 Å². The van der Waals surface area contributed by atoms with Crippen molar-refractivity contribution in [3.05, 3.63) is 75.4 Å². The number of hydrogen-bond acceptors (Lipinski definition) is 1. The summed E-state index contributed by atoms with van der Waals surface area (Å²) >= 11 is 0. The molecular weight excluding hydrogens is 342 g/mol. The molecular formula is C26H27NO. The van der Waals surface area contributed by atoms with Crippen LogP contribution in [0.15, 0.2) is 42.0 Å². The molecule has 1 N–H and O–H groups in total. The van der Waals surface area contributed by atoms with Gasteiger partial charge >= 0.3 is 0 Å². The van der Waals surface area contributed by atoms with Crippen molar-refractivity contribution in [3.8, 4) is 23.5 Å². The topological polar surface area (TPSA) is 29.1 Å². The fourth-order valence-electron chi connectivity index (χ4n) is 4.08. The van der Waals surface area contributed by atoms with Crippen LogP contribution in [0.2, 0.25) is 0 Å². The minimum absolute atomic E-state index is 0.0163. The van der Waals surface area contributed by atoms with Gasteiger partial charge < -0.3 is 5.32 Å². The van der Waals surface area contributed by atoms with Gasteiger partial charge in [0.2, 0.25) is 0 Å². The quantitative estimate of drug-likeness (QED) is 0.523. The van der Waals surface area contributed by atoms with Gasteiger partial charge in [-0.3, -0.25) is 4.79 Å². The summed E-state index contributed by atoms with van der Waals surface area (Å²) in [6, 6.07) is 8.22. The molecule has 0 bridgehead atoms. The number of nitrogens with one attached hydrogen (secondary N) is 1. The summed E-state index contributed by atoms with van der Waals surface area (Å²) < 4.78 is 0. The number of rotatable bonds is 4. The standard InChI is InChI=1S/C26H27NO/c1-7-12-20(16(4)8-2)23-18(6)19(9-3)24(21-14-11-10-13-17(21)5)22-15-27-26(28)25(22)23/h3,7,10-14H,8,15H2,1-2,4-6H3,(H,27,28)/b12-7-,20-16+. The van der Waals surface area contributed by atoms with Crippen molar-refractivity contribution in [1.29, 1.82) is 0 Å². The Bertz CT molecular complexity index is 1060. The van der Waals surface area contributed by atoms with Gasteiger partial charge in [-0.25, -0.2) is 0 Å². The summed E-state index contributed by atoms with van der Waals surface area (Å²) in [7, 11) is 0. The number of carbonyl (C=O) groups excluding carboxylic acids is 1. The zero-order chi connectivity index (χ0) is 20.4. The summed E-state index contributed by atoms with van der Waals surface area (Å²) in [6.07, 6.45) is 11.1. The molecule has 0 aliphatic carbocycles. The number of amides is 1. The number of allylic oxidation sites excluding steroid dienone is 4. The third-order valence-corrected chi connectivity index (χ3v) is 5.66. The molecule has 142 valence electrons. The summed E-state index contributed by atoms with van der Waals surface area (Å²) in [6.45, 7) is 10.9. The first-order valence-corrected chi connectivity index (χ1v) is 9.79. The molecule has 2 heteroatoms. The Morgan fingerprint density at radius 1 is 1.25 bits per heavy atom. The molecule has 0 saturated carbocycles. The molecule has 1 aliphatic rings. The van der Waals surface area contributed by atoms with Crippen LogP contribution in [0, 0.1) is 26.2 Å². The van der Waals surface area contributed by atoms with E-state index in [9.17, 15) is 4.79 Å². The smallest absolute Gasteiger partial charge is 0.252 e. The van der Waals surface area contributed by atoms with Gasteiger partial charge in [-0.2, -0.15) is 0 Å². The third-order valence-electron chi connectivity index (χ3n) is 5.66. The monoisotopic (exact) mass is 369 g/mol. The highest BCUT2D eigenvalue weighted by Crippen LogP contribution is 2.42. The minimum Gasteiger partial charge on any atom is -0.348 e. The van der Waals surface area contributed by atoms with E-state index < -0.39 is 0 Å². The molecule has 28 heavy (non-hydrogen) atoms. The number of fused-ring (bicyclic) bond motifs is 1. The number of hydrogen-bond donors (Lipinski definition) is 1. The van der Waals surface area contributed by atoms with Gasteiger partial charge in [0, 0.05) is 17.7 Å². The number of terminal acetylenes is 1. The lowest BCUT2D eigenvalue weighted by Gasteiger charge is -2.21. The van der Waals surface area contributed by atoms with E-state index >= 15 is 0 Å². The lowest BCUT2D eigenvalue weighted by molar-refractivity contribution is 0.0965. The van der Waals surface area contributed by atoms with Crippen molar-refractivity contribution in [2.24, 2.45) is 0 Å². The minimum atomic E-state index is -0.0163. The van der Waals surface area contributed by atoms with Crippen LogP contribution < -0.4 is 5.32 Å². The lowest BCUT2D eigenvalue weighted by Crippen LogP contribution is -2.14. The van der Waals surface area contributed by atoms with Crippen LogP contribution in [0.1, 0.15) is 65.4 Å². The van der Waals surface area contributed by atoms with Crippen LogP contribution in [0.5, 0.6) is 0 Å². The Labute approximate surface area is 168 Å². The molecule has 1 aliphatic heterocycles. The predicted octanol–water partition coefficient (Wildman–Crippen LogP) is 5.95. The maximum absolute atomic E-state index is 12.9. The molecule has 0 radical (unpaired) electrons. The highest BCUT2D eigenvalue weighted by molar-refractivity contribution is 6.07.